The first kappa shape index (κ1) is 13.6. The van der Waals surface area contributed by atoms with E-state index in [0.717, 1.165) is 5.75 Å². The molecule has 1 unspecified atom stereocenters. The summed E-state index contributed by atoms with van der Waals surface area (Å²) < 4.78 is 5.74. The van der Waals surface area contributed by atoms with Gasteiger partial charge in [-0.2, -0.15) is 0 Å². The molecule has 0 aromatic heterocycles. The lowest BCUT2D eigenvalue weighted by molar-refractivity contribution is 0.334. The van der Waals surface area contributed by atoms with Crippen molar-refractivity contribution in [1.82, 2.24) is 5.32 Å². The highest BCUT2D eigenvalue weighted by Crippen LogP contribution is 2.31. The Morgan fingerprint density at radius 3 is 2.26 bits per heavy atom. The first-order chi connectivity index (χ1) is 9.27. The van der Waals surface area contributed by atoms with Gasteiger partial charge in [-0.3, -0.25) is 0 Å². The Bertz CT molecular complexity index is 536. The monoisotopic (exact) mass is 255 g/mol. The van der Waals surface area contributed by atoms with E-state index in [9.17, 15) is 0 Å². The molecule has 0 aliphatic heterocycles. The van der Waals surface area contributed by atoms with Crippen molar-refractivity contribution < 1.29 is 4.74 Å². The van der Waals surface area contributed by atoms with Gasteiger partial charge < -0.3 is 10.1 Å². The number of benzene rings is 2. The number of hydrogen-bond acceptors (Lipinski definition) is 2. The zero-order chi connectivity index (χ0) is 13.7. The van der Waals surface area contributed by atoms with Gasteiger partial charge in [0.2, 0.25) is 0 Å². The largest absolute Gasteiger partial charge is 0.494 e. The van der Waals surface area contributed by atoms with Gasteiger partial charge in [0.25, 0.3) is 0 Å². The second-order valence-electron chi connectivity index (χ2n) is 4.55. The van der Waals surface area contributed by atoms with Crippen LogP contribution in [0.15, 0.2) is 48.5 Å². The van der Waals surface area contributed by atoms with E-state index in [1.54, 1.807) is 0 Å². The summed E-state index contributed by atoms with van der Waals surface area (Å²) >= 11 is 0. The summed E-state index contributed by atoms with van der Waals surface area (Å²) in [6, 6.07) is 16.8. The van der Waals surface area contributed by atoms with Crippen molar-refractivity contribution in [2.75, 3.05) is 13.7 Å². The Morgan fingerprint density at radius 2 is 1.63 bits per heavy atom. The molecule has 0 fully saturated rings. The number of rotatable bonds is 5. The summed E-state index contributed by atoms with van der Waals surface area (Å²) in [6.45, 7) is 4.84. The van der Waals surface area contributed by atoms with Crippen molar-refractivity contribution in [3.8, 4) is 5.75 Å². The summed E-state index contributed by atoms with van der Waals surface area (Å²) in [6.07, 6.45) is 0. The normalized spacial score (nSPS) is 12.2. The molecule has 0 bridgehead atoms. The summed E-state index contributed by atoms with van der Waals surface area (Å²) in [4.78, 5) is 0. The van der Waals surface area contributed by atoms with Crippen LogP contribution < -0.4 is 10.1 Å². The quantitative estimate of drug-likeness (QED) is 0.879. The molecule has 0 saturated carbocycles. The summed E-state index contributed by atoms with van der Waals surface area (Å²) in [7, 11) is 1.99. The van der Waals surface area contributed by atoms with Gasteiger partial charge in [0.15, 0.2) is 0 Å². The molecule has 1 atom stereocenters. The molecule has 100 valence electrons. The van der Waals surface area contributed by atoms with E-state index in [1.165, 1.54) is 16.7 Å². The van der Waals surface area contributed by atoms with E-state index < -0.39 is 0 Å². The van der Waals surface area contributed by atoms with Crippen molar-refractivity contribution in [1.29, 1.82) is 0 Å². The van der Waals surface area contributed by atoms with Crippen molar-refractivity contribution in [3.63, 3.8) is 0 Å². The molecule has 0 spiro atoms. The molecule has 2 aromatic carbocycles. The molecule has 0 aliphatic carbocycles. The fourth-order valence-electron chi connectivity index (χ4n) is 2.40. The molecule has 0 heterocycles. The van der Waals surface area contributed by atoms with Gasteiger partial charge in [0, 0.05) is 5.56 Å². The van der Waals surface area contributed by atoms with Gasteiger partial charge in [-0.05, 0) is 38.1 Å². The molecule has 19 heavy (non-hydrogen) atoms. The molecule has 0 radical (unpaired) electrons. The van der Waals surface area contributed by atoms with E-state index in [-0.39, 0.29) is 6.04 Å². The van der Waals surface area contributed by atoms with E-state index in [1.807, 2.05) is 26.1 Å². The summed E-state index contributed by atoms with van der Waals surface area (Å²) in [5.41, 5.74) is 3.76. The van der Waals surface area contributed by atoms with Crippen LogP contribution in [-0.4, -0.2) is 13.7 Å². The van der Waals surface area contributed by atoms with Gasteiger partial charge in [-0.15, -0.1) is 0 Å². The summed E-state index contributed by atoms with van der Waals surface area (Å²) in [5.74, 6) is 0.951. The molecule has 2 nitrogen and oxygen atoms in total. The highest BCUT2D eigenvalue weighted by atomic mass is 16.5. The lowest BCUT2D eigenvalue weighted by Crippen LogP contribution is -2.19. The van der Waals surface area contributed by atoms with Crippen molar-refractivity contribution in [2.24, 2.45) is 0 Å². The van der Waals surface area contributed by atoms with Crippen molar-refractivity contribution >= 4 is 0 Å². The van der Waals surface area contributed by atoms with Crippen LogP contribution in [0.25, 0.3) is 0 Å². The van der Waals surface area contributed by atoms with Gasteiger partial charge in [-0.1, -0.05) is 42.5 Å². The molecule has 2 rings (SSSR count). The Hall–Kier alpha value is -1.80. The third-order valence-corrected chi connectivity index (χ3v) is 3.32. The SMILES string of the molecule is CCOc1ccccc1C(NC)c1ccccc1C. The Kier molecular flexibility index (Phi) is 4.58. The molecule has 0 saturated heterocycles. The predicted molar refractivity (Wildman–Crippen MR) is 79.7 cm³/mol. The number of hydrogen-bond donors (Lipinski definition) is 1. The maximum atomic E-state index is 5.74. The third-order valence-electron chi connectivity index (χ3n) is 3.32. The van der Waals surface area contributed by atoms with E-state index >= 15 is 0 Å². The number of para-hydroxylation sites is 1. The van der Waals surface area contributed by atoms with Crippen LogP contribution in [0.4, 0.5) is 0 Å². The second-order valence-corrected chi connectivity index (χ2v) is 4.55. The number of aryl methyl sites for hydroxylation is 1. The first-order valence-electron chi connectivity index (χ1n) is 6.72. The first-order valence-corrected chi connectivity index (χ1v) is 6.72. The van der Waals surface area contributed by atoms with Crippen LogP contribution >= 0.6 is 0 Å². The highest BCUT2D eigenvalue weighted by Gasteiger charge is 2.17. The summed E-state index contributed by atoms with van der Waals surface area (Å²) in [5, 5.41) is 3.39. The molecule has 0 aliphatic rings. The molecular formula is C17H21NO. The maximum absolute atomic E-state index is 5.74. The van der Waals surface area contributed by atoms with Crippen LogP contribution in [0, 0.1) is 6.92 Å². The van der Waals surface area contributed by atoms with Crippen LogP contribution in [-0.2, 0) is 0 Å². The maximum Gasteiger partial charge on any atom is 0.124 e. The van der Waals surface area contributed by atoms with E-state index in [0.29, 0.717) is 6.61 Å². The Balaban J connectivity index is 2.45. The number of ether oxygens (including phenoxy) is 1. The lowest BCUT2D eigenvalue weighted by Gasteiger charge is -2.22. The predicted octanol–water partition coefficient (Wildman–Crippen LogP) is 3.70. The van der Waals surface area contributed by atoms with Crippen LogP contribution in [0.5, 0.6) is 5.75 Å². The van der Waals surface area contributed by atoms with Crippen LogP contribution in [0.2, 0.25) is 0 Å². The Morgan fingerprint density at radius 1 is 1.00 bits per heavy atom. The molecule has 0 amide bonds. The van der Waals surface area contributed by atoms with Crippen molar-refractivity contribution in [2.45, 2.75) is 19.9 Å². The third kappa shape index (κ3) is 2.96. The van der Waals surface area contributed by atoms with E-state index in [2.05, 4.69) is 48.6 Å². The average Bonchev–Trinajstić information content (AvgIpc) is 2.44. The standard InChI is InChI=1S/C17H21NO/c1-4-19-16-12-8-7-11-15(16)17(18-3)14-10-6-5-9-13(14)2/h5-12,17-18H,4H2,1-3H3. The molecular weight excluding hydrogens is 234 g/mol. The van der Waals surface area contributed by atoms with E-state index in [4.69, 9.17) is 4.74 Å². The smallest absolute Gasteiger partial charge is 0.124 e. The minimum atomic E-state index is 0.156. The van der Waals surface area contributed by atoms with Gasteiger partial charge in [-0.25, -0.2) is 0 Å². The zero-order valence-electron chi connectivity index (χ0n) is 11.8. The molecule has 2 aromatic rings. The topological polar surface area (TPSA) is 21.3 Å². The fraction of sp³-hybridized carbons (Fsp3) is 0.294. The van der Waals surface area contributed by atoms with Crippen LogP contribution in [0.1, 0.15) is 29.7 Å². The minimum Gasteiger partial charge on any atom is -0.494 e. The fourth-order valence-corrected chi connectivity index (χ4v) is 2.40. The minimum absolute atomic E-state index is 0.156. The second kappa shape index (κ2) is 6.39. The molecule has 2 heteroatoms. The Labute approximate surface area is 115 Å². The molecule has 1 N–H and O–H groups in total. The average molecular weight is 255 g/mol. The zero-order valence-corrected chi connectivity index (χ0v) is 11.8. The van der Waals surface area contributed by atoms with Gasteiger partial charge in [0.05, 0.1) is 12.6 Å². The van der Waals surface area contributed by atoms with Crippen molar-refractivity contribution in [3.05, 3.63) is 65.2 Å². The van der Waals surface area contributed by atoms with Crippen LogP contribution in [0.3, 0.4) is 0 Å². The highest BCUT2D eigenvalue weighted by molar-refractivity contribution is 5.43. The number of nitrogens with one attached hydrogen (secondary N) is 1. The van der Waals surface area contributed by atoms with Gasteiger partial charge >= 0.3 is 0 Å². The lowest BCUT2D eigenvalue weighted by atomic mass is 9.94. The van der Waals surface area contributed by atoms with Gasteiger partial charge in [0.1, 0.15) is 5.75 Å².